The topological polar surface area (TPSA) is 22.6 Å². The molecule has 0 unspecified atom stereocenters. The molecule has 1 saturated heterocycles. The molecule has 0 radical (unpaired) electrons. The Labute approximate surface area is 116 Å². The Balaban J connectivity index is 1.95. The van der Waals surface area contributed by atoms with Gasteiger partial charge in [-0.05, 0) is 14.1 Å². The highest BCUT2D eigenvalue weighted by Gasteiger charge is 2.22. The number of hydrogen-bond acceptors (Lipinski definition) is 4. The zero-order valence-corrected chi connectivity index (χ0v) is 11.7. The Hall–Kier alpha value is -1.34. The van der Waals surface area contributed by atoms with Gasteiger partial charge in [-0.1, -0.05) is 0 Å². The smallest absolute Gasteiger partial charge is 0.251 e. The van der Waals surface area contributed by atoms with Crippen molar-refractivity contribution < 1.29 is 13.2 Å². The van der Waals surface area contributed by atoms with Crippen molar-refractivity contribution in [1.29, 1.82) is 0 Å². The molecule has 1 aliphatic heterocycles. The average Bonchev–Trinajstić information content (AvgIpc) is 2.41. The van der Waals surface area contributed by atoms with Crippen LogP contribution in [0.3, 0.4) is 0 Å². The Morgan fingerprint density at radius 2 is 1.75 bits per heavy atom. The molecular formula is C13H19F3N4. The van der Waals surface area contributed by atoms with E-state index >= 15 is 0 Å². The lowest BCUT2D eigenvalue weighted by Crippen LogP contribution is -2.48. The number of hydrogen-bond donors (Lipinski definition) is 0. The van der Waals surface area contributed by atoms with Crippen LogP contribution in [0.5, 0.6) is 0 Å². The van der Waals surface area contributed by atoms with Gasteiger partial charge in [0.05, 0.1) is 0 Å². The number of nitrogens with zero attached hydrogens (tertiary/aromatic N) is 4. The minimum Gasteiger partial charge on any atom is -0.352 e. The Bertz CT molecular complexity index is 459. The zero-order valence-electron chi connectivity index (χ0n) is 11.7. The fraction of sp³-hybridized carbons (Fsp3) is 0.615. The number of anilines is 1. The summed E-state index contributed by atoms with van der Waals surface area (Å²) in [6, 6.07) is 0.552. The van der Waals surface area contributed by atoms with Crippen LogP contribution in [0.2, 0.25) is 0 Å². The third kappa shape index (κ3) is 3.61. The molecular weight excluding hydrogens is 269 g/mol. The van der Waals surface area contributed by atoms with Gasteiger partial charge in [-0.25, -0.2) is 8.78 Å². The molecule has 112 valence electrons. The number of rotatable bonds is 4. The van der Waals surface area contributed by atoms with E-state index in [0.29, 0.717) is 19.2 Å². The van der Waals surface area contributed by atoms with Crippen LogP contribution in [-0.4, -0.2) is 68.1 Å². The summed E-state index contributed by atoms with van der Waals surface area (Å²) < 4.78 is 39.6. The third-order valence-corrected chi connectivity index (χ3v) is 3.40. The maximum Gasteiger partial charge on any atom is 0.251 e. The van der Waals surface area contributed by atoms with E-state index in [1.807, 2.05) is 14.1 Å². The minimum absolute atomic E-state index is 0.101. The molecule has 0 amide bonds. The Morgan fingerprint density at radius 3 is 2.35 bits per heavy atom. The molecule has 0 atom stereocenters. The van der Waals surface area contributed by atoms with Gasteiger partial charge >= 0.3 is 0 Å². The number of pyridine rings is 1. The van der Waals surface area contributed by atoms with Crippen molar-refractivity contribution in [3.8, 4) is 0 Å². The minimum atomic E-state index is -1.25. The highest BCUT2D eigenvalue weighted by atomic mass is 19.2. The predicted octanol–water partition coefficient (Wildman–Crippen LogP) is 1.18. The molecule has 2 rings (SSSR count). The summed E-state index contributed by atoms with van der Waals surface area (Å²) in [5.74, 6) is -3.42. The fourth-order valence-corrected chi connectivity index (χ4v) is 2.18. The number of likely N-dealkylation sites (N-methyl/N-ethyl adjacent to an activating group) is 1. The monoisotopic (exact) mass is 288 g/mol. The van der Waals surface area contributed by atoms with Crippen molar-refractivity contribution in [2.24, 2.45) is 0 Å². The van der Waals surface area contributed by atoms with E-state index in [-0.39, 0.29) is 5.82 Å². The predicted molar refractivity (Wildman–Crippen MR) is 71.3 cm³/mol. The summed E-state index contributed by atoms with van der Waals surface area (Å²) in [6.07, 6.45) is 0. The quantitative estimate of drug-likeness (QED) is 0.776. The van der Waals surface area contributed by atoms with Gasteiger partial charge in [0.2, 0.25) is 0 Å². The summed E-state index contributed by atoms with van der Waals surface area (Å²) in [5, 5.41) is 0. The Morgan fingerprint density at radius 1 is 1.10 bits per heavy atom. The molecule has 0 N–H and O–H groups in total. The number of piperazine rings is 1. The van der Waals surface area contributed by atoms with Gasteiger partial charge in [-0.2, -0.15) is 9.37 Å². The second-order valence-electron chi connectivity index (χ2n) is 5.20. The highest BCUT2D eigenvalue weighted by Crippen LogP contribution is 2.20. The summed E-state index contributed by atoms with van der Waals surface area (Å²) in [6.45, 7) is 4.53. The second-order valence-corrected chi connectivity index (χ2v) is 5.20. The van der Waals surface area contributed by atoms with Crippen LogP contribution >= 0.6 is 0 Å². The molecule has 0 aliphatic carbocycles. The summed E-state index contributed by atoms with van der Waals surface area (Å²) in [5.41, 5.74) is 0. The lowest BCUT2D eigenvalue weighted by Gasteiger charge is -2.35. The van der Waals surface area contributed by atoms with Gasteiger partial charge in [0.25, 0.3) is 5.95 Å². The van der Waals surface area contributed by atoms with Crippen LogP contribution in [-0.2, 0) is 0 Å². The van der Waals surface area contributed by atoms with E-state index in [2.05, 4.69) is 14.8 Å². The molecule has 0 aromatic carbocycles. The zero-order chi connectivity index (χ0) is 14.7. The lowest BCUT2D eigenvalue weighted by atomic mass is 10.3. The summed E-state index contributed by atoms with van der Waals surface area (Å²) in [7, 11) is 4.02. The molecule has 1 fully saturated rings. The van der Waals surface area contributed by atoms with E-state index in [4.69, 9.17) is 0 Å². The first kappa shape index (κ1) is 15.1. The molecule has 0 bridgehead atoms. The molecule has 7 heteroatoms. The van der Waals surface area contributed by atoms with Crippen LogP contribution < -0.4 is 4.90 Å². The van der Waals surface area contributed by atoms with E-state index < -0.39 is 17.6 Å². The highest BCUT2D eigenvalue weighted by molar-refractivity contribution is 5.40. The molecule has 0 saturated carbocycles. The first-order chi connectivity index (χ1) is 9.47. The maximum atomic E-state index is 13.6. The number of aromatic nitrogens is 1. The molecule has 1 aromatic heterocycles. The van der Waals surface area contributed by atoms with E-state index in [1.165, 1.54) is 0 Å². The van der Waals surface area contributed by atoms with Gasteiger partial charge in [-0.15, -0.1) is 0 Å². The largest absolute Gasteiger partial charge is 0.352 e. The van der Waals surface area contributed by atoms with Crippen molar-refractivity contribution in [3.05, 3.63) is 23.6 Å². The standard InChI is InChI=1S/C13H19F3N4/c1-18(2)3-4-19-5-7-20(8-6-19)13-11(15)9-10(14)12(16)17-13/h9H,3-8H2,1-2H3. The summed E-state index contributed by atoms with van der Waals surface area (Å²) >= 11 is 0. The van der Waals surface area contributed by atoms with Crippen LogP contribution in [0.4, 0.5) is 19.0 Å². The SMILES string of the molecule is CN(C)CCN1CCN(c2nc(F)c(F)cc2F)CC1. The van der Waals surface area contributed by atoms with E-state index in [1.54, 1.807) is 4.90 Å². The van der Waals surface area contributed by atoms with Gasteiger partial charge < -0.3 is 9.80 Å². The fourth-order valence-electron chi connectivity index (χ4n) is 2.18. The van der Waals surface area contributed by atoms with Crippen LogP contribution in [0, 0.1) is 17.6 Å². The van der Waals surface area contributed by atoms with Gasteiger partial charge in [0, 0.05) is 45.3 Å². The van der Waals surface area contributed by atoms with Crippen molar-refractivity contribution in [1.82, 2.24) is 14.8 Å². The second kappa shape index (κ2) is 6.41. The van der Waals surface area contributed by atoms with Gasteiger partial charge in [-0.3, -0.25) is 4.90 Å². The van der Waals surface area contributed by atoms with Gasteiger partial charge in [0.1, 0.15) is 0 Å². The molecule has 20 heavy (non-hydrogen) atoms. The summed E-state index contributed by atoms with van der Waals surface area (Å²) in [4.78, 5) is 9.39. The lowest BCUT2D eigenvalue weighted by molar-refractivity contribution is 0.228. The normalized spacial score (nSPS) is 17.0. The van der Waals surface area contributed by atoms with E-state index in [9.17, 15) is 13.2 Å². The van der Waals surface area contributed by atoms with Crippen LogP contribution in [0.25, 0.3) is 0 Å². The maximum absolute atomic E-state index is 13.6. The van der Waals surface area contributed by atoms with Crippen molar-refractivity contribution >= 4 is 5.82 Å². The van der Waals surface area contributed by atoms with Gasteiger partial charge in [0.15, 0.2) is 17.5 Å². The Kier molecular flexibility index (Phi) is 4.82. The first-order valence-electron chi connectivity index (χ1n) is 6.61. The first-order valence-corrected chi connectivity index (χ1v) is 6.61. The molecule has 1 aliphatic rings. The average molecular weight is 288 g/mol. The third-order valence-electron chi connectivity index (χ3n) is 3.40. The number of halogens is 3. The van der Waals surface area contributed by atoms with Crippen molar-refractivity contribution in [2.75, 3.05) is 58.3 Å². The van der Waals surface area contributed by atoms with Crippen molar-refractivity contribution in [3.63, 3.8) is 0 Å². The molecule has 2 heterocycles. The van der Waals surface area contributed by atoms with Crippen LogP contribution in [0.1, 0.15) is 0 Å². The van der Waals surface area contributed by atoms with Crippen molar-refractivity contribution in [2.45, 2.75) is 0 Å². The molecule has 4 nitrogen and oxygen atoms in total. The molecule has 1 aromatic rings. The molecule has 0 spiro atoms. The van der Waals surface area contributed by atoms with Crippen LogP contribution in [0.15, 0.2) is 6.07 Å². The van der Waals surface area contributed by atoms with E-state index in [0.717, 1.165) is 26.2 Å².